The molecule has 10 nitrogen and oxygen atoms in total. The summed E-state index contributed by atoms with van der Waals surface area (Å²) in [6, 6.07) is 5.14. The highest BCUT2D eigenvalue weighted by atomic mass is 16.6. The van der Waals surface area contributed by atoms with Gasteiger partial charge in [-0.1, -0.05) is 20.8 Å². The number of rotatable bonds is 10. The fraction of sp³-hybridized carbons (Fsp3) is 0.643. The van der Waals surface area contributed by atoms with Crippen molar-refractivity contribution in [1.29, 1.82) is 0 Å². The van der Waals surface area contributed by atoms with Crippen molar-refractivity contribution in [1.82, 2.24) is 21.3 Å². The molecule has 0 atom stereocenters. The molecule has 0 saturated carbocycles. The molecule has 0 saturated heterocycles. The third kappa shape index (κ3) is 13.9. The molecular formula is C28H46N4O6. The maximum absolute atomic E-state index is 12.8. The van der Waals surface area contributed by atoms with Gasteiger partial charge in [-0.3, -0.25) is 9.59 Å². The summed E-state index contributed by atoms with van der Waals surface area (Å²) in [4.78, 5) is 49.1. The van der Waals surface area contributed by atoms with E-state index in [1.807, 2.05) is 20.8 Å². The number of amides is 4. The molecule has 1 aromatic carbocycles. The molecule has 0 aliphatic rings. The summed E-state index contributed by atoms with van der Waals surface area (Å²) in [5.41, 5.74) is 0.200. The van der Waals surface area contributed by atoms with Crippen molar-refractivity contribution >= 4 is 24.0 Å². The van der Waals surface area contributed by atoms with Gasteiger partial charge < -0.3 is 30.7 Å². The highest BCUT2D eigenvalue weighted by molar-refractivity contribution is 6.00. The number of carbonyl (C=O) groups excluding carboxylic acids is 4. The molecule has 0 heterocycles. The van der Waals surface area contributed by atoms with Crippen LogP contribution in [0.15, 0.2) is 18.2 Å². The van der Waals surface area contributed by atoms with Gasteiger partial charge in [0.2, 0.25) is 0 Å². The normalized spacial score (nSPS) is 11.8. The Morgan fingerprint density at radius 1 is 0.579 bits per heavy atom. The summed E-state index contributed by atoms with van der Waals surface area (Å²) < 4.78 is 10.4. The lowest BCUT2D eigenvalue weighted by Gasteiger charge is -2.21. The van der Waals surface area contributed by atoms with Crippen LogP contribution >= 0.6 is 0 Å². The van der Waals surface area contributed by atoms with Gasteiger partial charge in [0.15, 0.2) is 0 Å². The zero-order valence-corrected chi connectivity index (χ0v) is 24.4. The van der Waals surface area contributed by atoms with E-state index in [4.69, 9.17) is 9.47 Å². The Bertz CT molecular complexity index is 903. The lowest BCUT2D eigenvalue weighted by molar-refractivity contribution is 0.0515. The van der Waals surface area contributed by atoms with Crippen molar-refractivity contribution in [2.75, 3.05) is 26.2 Å². The van der Waals surface area contributed by atoms with Crippen LogP contribution in [-0.4, -0.2) is 61.4 Å². The molecule has 10 heteroatoms. The zero-order valence-electron chi connectivity index (χ0n) is 24.4. The first-order valence-electron chi connectivity index (χ1n) is 13.0. The topological polar surface area (TPSA) is 135 Å². The van der Waals surface area contributed by atoms with E-state index >= 15 is 0 Å². The van der Waals surface area contributed by atoms with Crippen LogP contribution in [0.2, 0.25) is 0 Å². The first kappa shape index (κ1) is 32.7. The highest BCUT2D eigenvalue weighted by Crippen LogP contribution is 2.25. The number of alkyl carbamates (subject to hydrolysis) is 2. The number of carbonyl (C=O) groups is 4. The molecule has 214 valence electrons. The average Bonchev–Trinajstić information content (AvgIpc) is 2.75. The molecule has 4 amide bonds. The second kappa shape index (κ2) is 14.0. The monoisotopic (exact) mass is 534 g/mol. The fourth-order valence-corrected chi connectivity index (χ4v) is 3.12. The Labute approximate surface area is 227 Å². The van der Waals surface area contributed by atoms with Crippen molar-refractivity contribution in [3.8, 4) is 0 Å². The molecule has 0 spiro atoms. The Kier molecular flexibility index (Phi) is 12.1. The van der Waals surface area contributed by atoms with E-state index in [1.54, 1.807) is 59.7 Å². The van der Waals surface area contributed by atoms with Crippen LogP contribution in [0, 0.1) is 0 Å². The Morgan fingerprint density at radius 2 is 0.921 bits per heavy atom. The number of hydrogen-bond donors (Lipinski definition) is 4. The van der Waals surface area contributed by atoms with Crippen molar-refractivity contribution < 1.29 is 28.7 Å². The van der Waals surface area contributed by atoms with Crippen LogP contribution in [-0.2, 0) is 14.9 Å². The summed E-state index contributed by atoms with van der Waals surface area (Å²) in [6.07, 6.45) is 0.0411. The third-order valence-corrected chi connectivity index (χ3v) is 4.94. The highest BCUT2D eigenvalue weighted by Gasteiger charge is 2.20. The zero-order chi connectivity index (χ0) is 29.1. The van der Waals surface area contributed by atoms with E-state index in [0.717, 1.165) is 5.56 Å². The maximum Gasteiger partial charge on any atom is 0.407 e. The number of benzene rings is 1. The summed E-state index contributed by atoms with van der Waals surface area (Å²) in [5.74, 6) is -0.604. The predicted molar refractivity (Wildman–Crippen MR) is 148 cm³/mol. The Morgan fingerprint density at radius 3 is 1.24 bits per heavy atom. The molecule has 0 aromatic heterocycles. The smallest absolute Gasteiger partial charge is 0.407 e. The summed E-state index contributed by atoms with van der Waals surface area (Å²) in [6.45, 7) is 18.2. The number of hydrogen-bond acceptors (Lipinski definition) is 6. The van der Waals surface area contributed by atoms with Gasteiger partial charge in [-0.15, -0.1) is 0 Å². The van der Waals surface area contributed by atoms with E-state index in [2.05, 4.69) is 21.3 Å². The van der Waals surface area contributed by atoms with Gasteiger partial charge in [0.05, 0.1) is 0 Å². The molecule has 4 N–H and O–H groups in total. The molecule has 1 rings (SSSR count). The van der Waals surface area contributed by atoms with Crippen LogP contribution in [0.5, 0.6) is 0 Å². The molecule has 0 radical (unpaired) electrons. The van der Waals surface area contributed by atoms with Crippen molar-refractivity contribution in [2.24, 2.45) is 0 Å². The van der Waals surface area contributed by atoms with E-state index in [0.29, 0.717) is 50.1 Å². The van der Waals surface area contributed by atoms with Crippen molar-refractivity contribution in [2.45, 2.75) is 91.8 Å². The van der Waals surface area contributed by atoms with Gasteiger partial charge in [0.25, 0.3) is 11.8 Å². The minimum atomic E-state index is -0.572. The molecular weight excluding hydrogens is 488 g/mol. The van der Waals surface area contributed by atoms with Crippen LogP contribution in [0.4, 0.5) is 9.59 Å². The minimum absolute atomic E-state index is 0.278. The first-order chi connectivity index (χ1) is 17.4. The van der Waals surface area contributed by atoms with E-state index in [1.165, 1.54) is 0 Å². The molecule has 0 bridgehead atoms. The van der Waals surface area contributed by atoms with Gasteiger partial charge in [-0.05, 0) is 83.6 Å². The maximum atomic E-state index is 12.8. The number of ether oxygens (including phenoxy) is 2. The summed E-state index contributed by atoms with van der Waals surface area (Å²) >= 11 is 0. The predicted octanol–water partition coefficient (Wildman–Crippen LogP) is 4.27. The lowest BCUT2D eigenvalue weighted by atomic mass is 9.85. The minimum Gasteiger partial charge on any atom is -0.444 e. The van der Waals surface area contributed by atoms with Crippen LogP contribution in [0.3, 0.4) is 0 Å². The van der Waals surface area contributed by atoms with Crippen LogP contribution in [0.1, 0.15) is 101 Å². The van der Waals surface area contributed by atoms with Gasteiger partial charge in [-0.2, -0.15) is 0 Å². The van der Waals surface area contributed by atoms with E-state index in [-0.39, 0.29) is 17.2 Å². The van der Waals surface area contributed by atoms with Crippen LogP contribution in [0.25, 0.3) is 0 Å². The SMILES string of the molecule is CC(C)(C)OC(=O)NCCCNC(=O)c1cc(C(=O)NCCCNC(=O)OC(C)(C)C)cc(C(C)(C)C)c1. The standard InChI is InChI=1S/C28H46N4O6/c1-26(2,3)21-17-19(22(33)29-12-10-14-31-24(35)37-27(4,5)6)16-20(18-21)23(34)30-13-11-15-32-25(36)38-28(7,8)9/h16-18H,10-15H2,1-9H3,(H,29,33)(H,30,34)(H,31,35)(H,32,36). The van der Waals surface area contributed by atoms with Crippen molar-refractivity contribution in [3.63, 3.8) is 0 Å². The third-order valence-electron chi connectivity index (χ3n) is 4.94. The Hall–Kier alpha value is -3.30. The summed E-state index contributed by atoms with van der Waals surface area (Å²) in [5, 5.41) is 11.0. The van der Waals surface area contributed by atoms with Gasteiger partial charge >= 0.3 is 12.2 Å². The molecule has 0 fully saturated rings. The van der Waals surface area contributed by atoms with E-state index in [9.17, 15) is 19.2 Å². The first-order valence-corrected chi connectivity index (χ1v) is 13.0. The largest absolute Gasteiger partial charge is 0.444 e. The molecule has 0 unspecified atom stereocenters. The second-order valence-corrected chi connectivity index (χ2v) is 12.1. The average molecular weight is 535 g/mol. The van der Waals surface area contributed by atoms with Crippen LogP contribution < -0.4 is 21.3 Å². The van der Waals surface area contributed by atoms with Gasteiger partial charge in [0.1, 0.15) is 11.2 Å². The van der Waals surface area contributed by atoms with Gasteiger partial charge in [0, 0.05) is 37.3 Å². The molecule has 0 aliphatic carbocycles. The van der Waals surface area contributed by atoms with E-state index < -0.39 is 23.4 Å². The quantitative estimate of drug-likeness (QED) is 0.331. The van der Waals surface area contributed by atoms with Gasteiger partial charge in [-0.25, -0.2) is 9.59 Å². The number of nitrogens with one attached hydrogen (secondary N) is 4. The molecule has 38 heavy (non-hydrogen) atoms. The summed E-state index contributed by atoms with van der Waals surface area (Å²) in [7, 11) is 0. The molecule has 0 aliphatic heterocycles. The molecule has 1 aromatic rings. The fourth-order valence-electron chi connectivity index (χ4n) is 3.12. The Balaban J connectivity index is 2.66. The van der Waals surface area contributed by atoms with Crippen molar-refractivity contribution in [3.05, 3.63) is 34.9 Å². The lowest BCUT2D eigenvalue weighted by Crippen LogP contribution is -2.35. The second-order valence-electron chi connectivity index (χ2n) is 12.1.